The first kappa shape index (κ1) is 19.3. The summed E-state index contributed by atoms with van der Waals surface area (Å²) in [6.07, 6.45) is 9.25. The SMILES string of the molecule is CC(CNC1CCCCCCC1)CN(C)C(=O)OC(C)(C)C. The molecular weight excluding hydrogens is 276 g/mol. The van der Waals surface area contributed by atoms with E-state index < -0.39 is 5.60 Å². The third-order valence-corrected chi connectivity index (χ3v) is 4.15. The minimum absolute atomic E-state index is 0.231. The minimum Gasteiger partial charge on any atom is -0.444 e. The van der Waals surface area contributed by atoms with E-state index >= 15 is 0 Å². The van der Waals surface area contributed by atoms with Gasteiger partial charge < -0.3 is 15.0 Å². The van der Waals surface area contributed by atoms with E-state index in [1.54, 1.807) is 4.90 Å². The summed E-state index contributed by atoms with van der Waals surface area (Å²) >= 11 is 0. The lowest BCUT2D eigenvalue weighted by molar-refractivity contribution is 0.0276. The molecule has 0 spiro atoms. The number of hydrogen-bond acceptors (Lipinski definition) is 3. The fourth-order valence-corrected chi connectivity index (χ4v) is 2.97. The summed E-state index contributed by atoms with van der Waals surface area (Å²) in [5.41, 5.74) is -0.425. The number of carbonyl (C=O) groups is 1. The largest absolute Gasteiger partial charge is 0.444 e. The Bertz CT molecular complexity index is 318. The molecule has 0 aliphatic heterocycles. The van der Waals surface area contributed by atoms with Gasteiger partial charge in [-0.25, -0.2) is 4.79 Å². The quantitative estimate of drug-likeness (QED) is 0.827. The smallest absolute Gasteiger partial charge is 0.410 e. The second-order valence-electron chi connectivity index (χ2n) is 7.92. The molecule has 130 valence electrons. The van der Waals surface area contributed by atoms with Crippen LogP contribution >= 0.6 is 0 Å². The standard InChI is InChI=1S/C18H36N2O2/c1-15(14-20(5)17(21)22-18(2,3)4)13-19-16-11-9-7-6-8-10-12-16/h15-16,19H,6-14H2,1-5H3. The van der Waals surface area contributed by atoms with Crippen LogP contribution in [0.2, 0.25) is 0 Å². The van der Waals surface area contributed by atoms with Gasteiger partial charge in [0.05, 0.1) is 0 Å². The van der Waals surface area contributed by atoms with Gasteiger partial charge in [0, 0.05) is 19.6 Å². The molecule has 1 fully saturated rings. The van der Waals surface area contributed by atoms with Crippen molar-refractivity contribution in [3.63, 3.8) is 0 Å². The average molecular weight is 312 g/mol. The molecule has 22 heavy (non-hydrogen) atoms. The Kier molecular flexibility index (Phi) is 8.23. The van der Waals surface area contributed by atoms with Crippen molar-refractivity contribution in [1.82, 2.24) is 10.2 Å². The molecule has 0 aromatic rings. The number of nitrogens with zero attached hydrogens (tertiary/aromatic N) is 1. The van der Waals surface area contributed by atoms with Crippen LogP contribution in [-0.4, -0.2) is 42.8 Å². The lowest BCUT2D eigenvalue weighted by Crippen LogP contribution is -2.40. The van der Waals surface area contributed by atoms with Gasteiger partial charge >= 0.3 is 6.09 Å². The molecule has 1 aliphatic rings. The van der Waals surface area contributed by atoms with Gasteiger partial charge in [-0.05, 0) is 46.1 Å². The second-order valence-corrected chi connectivity index (χ2v) is 7.92. The zero-order valence-electron chi connectivity index (χ0n) is 15.3. The van der Waals surface area contributed by atoms with Crippen LogP contribution in [0.3, 0.4) is 0 Å². The van der Waals surface area contributed by atoms with Crippen LogP contribution in [0, 0.1) is 5.92 Å². The summed E-state index contributed by atoms with van der Waals surface area (Å²) < 4.78 is 5.39. The van der Waals surface area contributed by atoms with Crippen molar-refractivity contribution >= 4 is 6.09 Å². The summed E-state index contributed by atoms with van der Waals surface area (Å²) in [7, 11) is 1.82. The van der Waals surface area contributed by atoms with Crippen molar-refractivity contribution < 1.29 is 9.53 Å². The molecule has 0 saturated heterocycles. The molecule has 0 heterocycles. The van der Waals surface area contributed by atoms with Gasteiger partial charge in [-0.2, -0.15) is 0 Å². The maximum absolute atomic E-state index is 12.0. The van der Waals surface area contributed by atoms with Crippen molar-refractivity contribution in [2.45, 2.75) is 84.3 Å². The van der Waals surface area contributed by atoms with Crippen LogP contribution in [0.15, 0.2) is 0 Å². The molecule has 4 nitrogen and oxygen atoms in total. The van der Waals surface area contributed by atoms with Gasteiger partial charge in [-0.3, -0.25) is 0 Å². The predicted molar refractivity (Wildman–Crippen MR) is 92.1 cm³/mol. The normalized spacial score (nSPS) is 19.1. The number of hydrogen-bond donors (Lipinski definition) is 1. The van der Waals surface area contributed by atoms with Gasteiger partial charge in [0.25, 0.3) is 0 Å². The number of amides is 1. The topological polar surface area (TPSA) is 41.6 Å². The highest BCUT2D eigenvalue weighted by atomic mass is 16.6. The molecule has 1 atom stereocenters. The molecule has 1 unspecified atom stereocenters. The van der Waals surface area contributed by atoms with Crippen LogP contribution in [0.5, 0.6) is 0 Å². The molecule has 0 bridgehead atoms. The highest BCUT2D eigenvalue weighted by Crippen LogP contribution is 2.17. The van der Waals surface area contributed by atoms with Gasteiger partial charge in [0.2, 0.25) is 0 Å². The third-order valence-electron chi connectivity index (χ3n) is 4.15. The number of carbonyl (C=O) groups excluding carboxylic acids is 1. The van der Waals surface area contributed by atoms with Crippen LogP contribution < -0.4 is 5.32 Å². The average Bonchev–Trinajstić information content (AvgIpc) is 2.35. The Morgan fingerprint density at radius 3 is 2.27 bits per heavy atom. The molecule has 1 N–H and O–H groups in total. The van der Waals surface area contributed by atoms with Crippen LogP contribution in [0.1, 0.15) is 72.6 Å². The van der Waals surface area contributed by atoms with Gasteiger partial charge in [-0.15, -0.1) is 0 Å². The summed E-state index contributed by atoms with van der Waals surface area (Å²) in [5.74, 6) is 0.433. The van der Waals surface area contributed by atoms with Crippen molar-refractivity contribution in [3.8, 4) is 0 Å². The Hall–Kier alpha value is -0.770. The Morgan fingerprint density at radius 2 is 1.73 bits per heavy atom. The molecule has 1 aliphatic carbocycles. The zero-order chi connectivity index (χ0) is 16.6. The fourth-order valence-electron chi connectivity index (χ4n) is 2.97. The van der Waals surface area contributed by atoms with Crippen LogP contribution in [0.4, 0.5) is 4.79 Å². The number of rotatable bonds is 5. The van der Waals surface area contributed by atoms with Crippen LogP contribution in [0.25, 0.3) is 0 Å². The van der Waals surface area contributed by atoms with Crippen molar-refractivity contribution in [1.29, 1.82) is 0 Å². The minimum atomic E-state index is -0.425. The summed E-state index contributed by atoms with van der Waals surface area (Å²) in [6, 6.07) is 0.662. The predicted octanol–water partition coefficient (Wildman–Crippen LogP) is 4.19. The lowest BCUT2D eigenvalue weighted by atomic mass is 9.96. The Labute approximate surface area is 137 Å². The van der Waals surface area contributed by atoms with E-state index in [2.05, 4.69) is 12.2 Å². The zero-order valence-corrected chi connectivity index (χ0v) is 15.3. The summed E-state index contributed by atoms with van der Waals surface area (Å²) in [6.45, 7) is 9.60. The molecule has 0 radical (unpaired) electrons. The number of nitrogens with one attached hydrogen (secondary N) is 1. The van der Waals surface area contributed by atoms with E-state index in [0.717, 1.165) is 13.1 Å². The van der Waals surface area contributed by atoms with E-state index in [0.29, 0.717) is 12.0 Å². The molecular formula is C18H36N2O2. The van der Waals surface area contributed by atoms with Crippen molar-refractivity contribution in [2.24, 2.45) is 5.92 Å². The molecule has 1 amide bonds. The third kappa shape index (κ3) is 8.62. The lowest BCUT2D eigenvalue weighted by Gasteiger charge is -2.28. The first-order chi connectivity index (χ1) is 10.3. The van der Waals surface area contributed by atoms with E-state index in [1.165, 1.54) is 44.9 Å². The summed E-state index contributed by atoms with van der Waals surface area (Å²) in [4.78, 5) is 13.7. The molecule has 0 aromatic carbocycles. The monoisotopic (exact) mass is 312 g/mol. The maximum Gasteiger partial charge on any atom is 0.410 e. The summed E-state index contributed by atoms with van der Waals surface area (Å²) in [5, 5.41) is 3.70. The van der Waals surface area contributed by atoms with Crippen LogP contribution in [-0.2, 0) is 4.74 Å². The van der Waals surface area contributed by atoms with Gasteiger partial charge in [0.1, 0.15) is 5.60 Å². The second kappa shape index (κ2) is 9.39. The van der Waals surface area contributed by atoms with Gasteiger partial charge in [-0.1, -0.05) is 39.0 Å². The van der Waals surface area contributed by atoms with E-state index in [1.807, 2.05) is 27.8 Å². The van der Waals surface area contributed by atoms with E-state index in [4.69, 9.17) is 4.74 Å². The molecule has 4 heteroatoms. The highest BCUT2D eigenvalue weighted by molar-refractivity contribution is 5.67. The number of ether oxygens (including phenoxy) is 1. The Morgan fingerprint density at radius 1 is 1.18 bits per heavy atom. The van der Waals surface area contributed by atoms with E-state index in [9.17, 15) is 4.79 Å². The first-order valence-corrected chi connectivity index (χ1v) is 8.95. The first-order valence-electron chi connectivity index (χ1n) is 8.95. The molecule has 0 aromatic heterocycles. The highest BCUT2D eigenvalue weighted by Gasteiger charge is 2.21. The van der Waals surface area contributed by atoms with Crippen molar-refractivity contribution in [2.75, 3.05) is 20.1 Å². The fraction of sp³-hybridized carbons (Fsp3) is 0.944. The maximum atomic E-state index is 12.0. The van der Waals surface area contributed by atoms with Gasteiger partial charge in [0.15, 0.2) is 0 Å². The van der Waals surface area contributed by atoms with Crippen molar-refractivity contribution in [3.05, 3.63) is 0 Å². The Balaban J connectivity index is 2.26. The van der Waals surface area contributed by atoms with E-state index in [-0.39, 0.29) is 6.09 Å². The molecule has 1 saturated carbocycles. The molecule has 1 rings (SSSR count).